The number of aryl methyl sites for hydroxylation is 1. The first-order chi connectivity index (χ1) is 12.8. The molecule has 0 aromatic carbocycles. The van der Waals surface area contributed by atoms with Crippen molar-refractivity contribution in [3.05, 3.63) is 29.6 Å². The summed E-state index contributed by atoms with van der Waals surface area (Å²) in [6.07, 6.45) is 1.96. The van der Waals surface area contributed by atoms with E-state index in [2.05, 4.69) is 10.3 Å². The maximum atomic E-state index is 12.8. The summed E-state index contributed by atoms with van der Waals surface area (Å²) in [6, 6.07) is 2.57. The van der Waals surface area contributed by atoms with Crippen LogP contribution in [0.5, 0.6) is 0 Å². The molecule has 0 spiro atoms. The number of nitrogens with one attached hydrogen (secondary N) is 1. The first kappa shape index (κ1) is 19.7. The molecule has 0 saturated carbocycles. The zero-order valence-electron chi connectivity index (χ0n) is 15.4. The number of hydrogen-bond acceptors (Lipinski definition) is 7. The zero-order chi connectivity index (χ0) is 19.6. The van der Waals surface area contributed by atoms with Crippen molar-refractivity contribution in [3.63, 3.8) is 0 Å². The third-order valence-corrected chi connectivity index (χ3v) is 6.63. The van der Waals surface area contributed by atoms with Gasteiger partial charge in [0.2, 0.25) is 10.0 Å². The number of rotatable bonds is 5. The standard InChI is InChI=1S/C17H24N4O5S/c1-12-9-13(3-4-18-12)16(22)19-14-10-15-17(23)21(5-7-26-2)27(24,25)8-6-20(15)11-14/h3-4,9,14-15H,5-8,10-11H2,1-2H3,(H,19,22)/t14-,15-/m0/s1. The molecule has 0 radical (unpaired) electrons. The van der Waals surface area contributed by atoms with Gasteiger partial charge in [0.25, 0.3) is 11.8 Å². The normalized spacial score (nSPS) is 25.1. The van der Waals surface area contributed by atoms with Gasteiger partial charge in [-0.15, -0.1) is 0 Å². The van der Waals surface area contributed by atoms with Crippen molar-refractivity contribution in [2.75, 3.05) is 39.1 Å². The Morgan fingerprint density at radius 2 is 2.22 bits per heavy atom. The SMILES string of the molecule is COCCN1C(=O)[C@@H]2C[C@H](NC(=O)c3ccnc(C)c3)CN2CCS1(=O)=O. The van der Waals surface area contributed by atoms with Crippen molar-refractivity contribution >= 4 is 21.8 Å². The summed E-state index contributed by atoms with van der Waals surface area (Å²) in [4.78, 5) is 31.2. The molecule has 2 fully saturated rings. The largest absolute Gasteiger partial charge is 0.383 e. The number of carbonyl (C=O) groups is 2. The zero-order valence-corrected chi connectivity index (χ0v) is 16.2. The fourth-order valence-corrected chi connectivity index (χ4v) is 4.97. The molecule has 1 aromatic heterocycles. The number of pyridine rings is 1. The molecule has 1 aromatic rings. The second-order valence-corrected chi connectivity index (χ2v) is 8.83. The Hall–Kier alpha value is -2.04. The molecule has 2 aliphatic rings. The Balaban J connectivity index is 1.70. The van der Waals surface area contributed by atoms with E-state index in [1.165, 1.54) is 7.11 Å². The highest BCUT2D eigenvalue weighted by Crippen LogP contribution is 2.24. The summed E-state index contributed by atoms with van der Waals surface area (Å²) < 4.78 is 30.6. The Morgan fingerprint density at radius 3 is 2.93 bits per heavy atom. The molecule has 0 bridgehead atoms. The van der Waals surface area contributed by atoms with Crippen LogP contribution in [-0.4, -0.2) is 85.6 Å². The first-order valence-corrected chi connectivity index (χ1v) is 10.4. The van der Waals surface area contributed by atoms with E-state index in [0.717, 1.165) is 10.00 Å². The third-order valence-electron chi connectivity index (χ3n) is 4.90. The monoisotopic (exact) mass is 396 g/mol. The van der Waals surface area contributed by atoms with Crippen LogP contribution in [0.4, 0.5) is 0 Å². The van der Waals surface area contributed by atoms with E-state index in [-0.39, 0.29) is 37.4 Å². The van der Waals surface area contributed by atoms with E-state index in [9.17, 15) is 18.0 Å². The van der Waals surface area contributed by atoms with Gasteiger partial charge in [0.15, 0.2) is 0 Å². The second-order valence-electron chi connectivity index (χ2n) is 6.82. The van der Waals surface area contributed by atoms with Gasteiger partial charge in [0, 0.05) is 43.7 Å². The summed E-state index contributed by atoms with van der Waals surface area (Å²) in [5.41, 5.74) is 1.26. The van der Waals surface area contributed by atoms with Crippen LogP contribution in [0.25, 0.3) is 0 Å². The predicted molar refractivity (Wildman–Crippen MR) is 97.6 cm³/mol. The molecular formula is C17H24N4O5S. The molecular weight excluding hydrogens is 372 g/mol. The fourth-order valence-electron chi connectivity index (χ4n) is 3.54. The highest BCUT2D eigenvalue weighted by atomic mass is 32.2. The van der Waals surface area contributed by atoms with Crippen LogP contribution in [0.2, 0.25) is 0 Å². The van der Waals surface area contributed by atoms with E-state index < -0.39 is 22.0 Å². The number of aromatic nitrogens is 1. The number of sulfonamides is 1. The maximum Gasteiger partial charge on any atom is 0.253 e. The lowest BCUT2D eigenvalue weighted by Crippen LogP contribution is -2.45. The van der Waals surface area contributed by atoms with Gasteiger partial charge < -0.3 is 10.1 Å². The van der Waals surface area contributed by atoms with Gasteiger partial charge in [0.05, 0.1) is 24.9 Å². The molecule has 0 unspecified atom stereocenters. The number of amides is 2. The Kier molecular flexibility index (Phi) is 5.78. The predicted octanol–water partition coefficient (Wildman–Crippen LogP) is -0.619. The summed E-state index contributed by atoms with van der Waals surface area (Å²) in [7, 11) is -2.18. The number of carbonyl (C=O) groups excluding carboxylic acids is 2. The molecule has 148 valence electrons. The van der Waals surface area contributed by atoms with Crippen molar-refractivity contribution < 1.29 is 22.7 Å². The van der Waals surface area contributed by atoms with Crippen molar-refractivity contribution in [1.29, 1.82) is 0 Å². The van der Waals surface area contributed by atoms with E-state index >= 15 is 0 Å². The van der Waals surface area contributed by atoms with Gasteiger partial charge in [-0.25, -0.2) is 12.7 Å². The molecule has 1 N–H and O–H groups in total. The van der Waals surface area contributed by atoms with Gasteiger partial charge in [-0.2, -0.15) is 0 Å². The molecule has 2 aliphatic heterocycles. The Morgan fingerprint density at radius 1 is 1.44 bits per heavy atom. The molecule has 2 atom stereocenters. The minimum atomic E-state index is -3.64. The van der Waals surface area contributed by atoms with Gasteiger partial charge in [-0.1, -0.05) is 0 Å². The van der Waals surface area contributed by atoms with E-state index in [0.29, 0.717) is 18.5 Å². The lowest BCUT2D eigenvalue weighted by Gasteiger charge is -2.23. The van der Waals surface area contributed by atoms with Crippen LogP contribution in [0.3, 0.4) is 0 Å². The van der Waals surface area contributed by atoms with Crippen LogP contribution in [0, 0.1) is 6.92 Å². The second kappa shape index (κ2) is 7.91. The molecule has 27 heavy (non-hydrogen) atoms. The van der Waals surface area contributed by atoms with Crippen LogP contribution >= 0.6 is 0 Å². The number of nitrogens with zero attached hydrogens (tertiary/aromatic N) is 3. The van der Waals surface area contributed by atoms with E-state index in [4.69, 9.17) is 4.74 Å². The quantitative estimate of drug-likeness (QED) is 0.707. The van der Waals surface area contributed by atoms with Crippen molar-refractivity contribution in [3.8, 4) is 0 Å². The maximum absolute atomic E-state index is 12.8. The fraction of sp³-hybridized carbons (Fsp3) is 0.588. The highest BCUT2D eigenvalue weighted by molar-refractivity contribution is 7.89. The third kappa shape index (κ3) is 4.28. The summed E-state index contributed by atoms with van der Waals surface area (Å²) in [6.45, 7) is 2.68. The van der Waals surface area contributed by atoms with Crippen molar-refractivity contribution in [1.82, 2.24) is 19.5 Å². The van der Waals surface area contributed by atoms with E-state index in [1.54, 1.807) is 18.3 Å². The average molecular weight is 396 g/mol. The van der Waals surface area contributed by atoms with Crippen molar-refractivity contribution in [2.24, 2.45) is 0 Å². The summed E-state index contributed by atoms with van der Waals surface area (Å²) in [5.74, 6) is -0.788. The van der Waals surface area contributed by atoms with Crippen molar-refractivity contribution in [2.45, 2.75) is 25.4 Å². The Labute approximate surface area is 158 Å². The minimum Gasteiger partial charge on any atom is -0.383 e. The lowest BCUT2D eigenvalue weighted by molar-refractivity contribution is -0.131. The molecule has 3 heterocycles. The summed E-state index contributed by atoms with van der Waals surface area (Å²) in [5, 5.41) is 2.95. The number of ether oxygens (including phenoxy) is 1. The van der Waals surface area contributed by atoms with Crippen LogP contribution in [0.1, 0.15) is 22.5 Å². The molecule has 0 aliphatic carbocycles. The molecule has 2 saturated heterocycles. The molecule has 9 nitrogen and oxygen atoms in total. The van der Waals surface area contributed by atoms with Gasteiger partial charge in [-0.3, -0.25) is 19.5 Å². The highest BCUT2D eigenvalue weighted by Gasteiger charge is 2.45. The molecule has 10 heteroatoms. The van der Waals surface area contributed by atoms with E-state index in [1.807, 2.05) is 11.8 Å². The molecule has 2 amide bonds. The lowest BCUT2D eigenvalue weighted by atomic mass is 10.1. The topological polar surface area (TPSA) is 109 Å². The average Bonchev–Trinajstić information content (AvgIpc) is 2.99. The molecule has 3 rings (SSSR count). The van der Waals surface area contributed by atoms with Gasteiger partial charge in [0.1, 0.15) is 0 Å². The number of methoxy groups -OCH3 is 1. The minimum absolute atomic E-state index is 0.00925. The number of fused-ring (bicyclic) bond motifs is 1. The van der Waals surface area contributed by atoms with Crippen LogP contribution in [0.15, 0.2) is 18.3 Å². The number of hydrogen-bond donors (Lipinski definition) is 1. The van der Waals surface area contributed by atoms with Crippen LogP contribution < -0.4 is 5.32 Å². The summed E-state index contributed by atoms with van der Waals surface area (Å²) >= 11 is 0. The van der Waals surface area contributed by atoms with Crippen LogP contribution in [-0.2, 0) is 19.6 Å². The van der Waals surface area contributed by atoms with Gasteiger partial charge >= 0.3 is 0 Å². The Bertz CT molecular complexity index is 828. The van der Waals surface area contributed by atoms with Gasteiger partial charge in [-0.05, 0) is 25.5 Å². The smallest absolute Gasteiger partial charge is 0.253 e. The first-order valence-electron chi connectivity index (χ1n) is 8.82.